The average Bonchev–Trinajstić information content (AvgIpc) is 3.50. The van der Waals surface area contributed by atoms with Gasteiger partial charge in [-0.3, -0.25) is 4.79 Å². The Hall–Kier alpha value is -4.09. The zero-order valence-corrected chi connectivity index (χ0v) is 17.4. The molecular formula is C20H23N11O. The van der Waals surface area contributed by atoms with Crippen molar-refractivity contribution < 1.29 is 4.79 Å². The molecule has 5 rings (SSSR count). The van der Waals surface area contributed by atoms with E-state index in [1.807, 2.05) is 6.07 Å². The summed E-state index contributed by atoms with van der Waals surface area (Å²) >= 11 is 0. The molecule has 0 saturated carbocycles. The summed E-state index contributed by atoms with van der Waals surface area (Å²) < 4.78 is 3.16. The van der Waals surface area contributed by atoms with E-state index in [-0.39, 0.29) is 12.5 Å². The van der Waals surface area contributed by atoms with Crippen LogP contribution in [-0.2, 0) is 17.9 Å². The summed E-state index contributed by atoms with van der Waals surface area (Å²) in [7, 11) is 0. The van der Waals surface area contributed by atoms with Crippen molar-refractivity contribution in [2.24, 2.45) is 0 Å². The molecule has 1 saturated heterocycles. The van der Waals surface area contributed by atoms with Gasteiger partial charge < -0.3 is 15.1 Å². The summed E-state index contributed by atoms with van der Waals surface area (Å²) in [5, 5.41) is 18.9. The Kier molecular flexibility index (Phi) is 5.56. The van der Waals surface area contributed by atoms with Crippen molar-refractivity contribution in [2.45, 2.75) is 13.1 Å². The highest BCUT2D eigenvalue weighted by Crippen LogP contribution is 2.25. The van der Waals surface area contributed by atoms with Crippen LogP contribution in [0.3, 0.4) is 0 Å². The van der Waals surface area contributed by atoms with Gasteiger partial charge in [0.1, 0.15) is 25.0 Å². The second kappa shape index (κ2) is 8.96. The van der Waals surface area contributed by atoms with Crippen LogP contribution in [0.25, 0.3) is 11.0 Å². The maximum Gasteiger partial charge on any atom is 0.241 e. The van der Waals surface area contributed by atoms with Crippen molar-refractivity contribution in [2.75, 3.05) is 42.5 Å². The lowest BCUT2D eigenvalue weighted by Crippen LogP contribution is -2.46. The molecule has 12 heteroatoms. The van der Waals surface area contributed by atoms with Crippen LogP contribution < -0.4 is 15.1 Å². The zero-order valence-electron chi connectivity index (χ0n) is 17.4. The number of para-hydroxylation sites is 1. The number of tetrazole rings is 1. The smallest absolute Gasteiger partial charge is 0.241 e. The van der Waals surface area contributed by atoms with Crippen molar-refractivity contribution in [3.8, 4) is 0 Å². The maximum atomic E-state index is 12.0. The number of amides is 1. The van der Waals surface area contributed by atoms with E-state index in [9.17, 15) is 4.79 Å². The molecule has 0 radical (unpaired) electrons. The van der Waals surface area contributed by atoms with Crippen molar-refractivity contribution >= 4 is 28.4 Å². The first kappa shape index (κ1) is 19.8. The Morgan fingerprint density at radius 3 is 2.62 bits per heavy atom. The van der Waals surface area contributed by atoms with Gasteiger partial charge in [0.15, 0.2) is 5.65 Å². The molecule has 0 spiro atoms. The number of benzene rings is 1. The van der Waals surface area contributed by atoms with Crippen LogP contribution in [0.4, 0.5) is 11.5 Å². The molecule has 12 nitrogen and oxygen atoms in total. The fourth-order valence-corrected chi connectivity index (χ4v) is 3.87. The molecule has 1 fully saturated rings. The normalized spacial score (nSPS) is 14.1. The van der Waals surface area contributed by atoms with E-state index in [2.05, 4.69) is 70.0 Å². The third-order valence-corrected chi connectivity index (χ3v) is 5.46. The number of anilines is 2. The Balaban J connectivity index is 1.21. The number of fused-ring (bicyclic) bond motifs is 1. The van der Waals surface area contributed by atoms with E-state index in [1.54, 1.807) is 17.2 Å². The third kappa shape index (κ3) is 4.19. The topological polar surface area (TPSA) is 123 Å². The Labute approximate surface area is 183 Å². The number of nitrogens with one attached hydrogen (secondary N) is 1. The summed E-state index contributed by atoms with van der Waals surface area (Å²) in [4.78, 5) is 25.6. The highest BCUT2D eigenvalue weighted by molar-refractivity contribution is 5.86. The van der Waals surface area contributed by atoms with Gasteiger partial charge >= 0.3 is 0 Å². The number of hydrogen-bond donors (Lipinski definition) is 1. The van der Waals surface area contributed by atoms with Gasteiger partial charge in [0.05, 0.1) is 18.1 Å². The Bertz CT molecular complexity index is 1170. The third-order valence-electron chi connectivity index (χ3n) is 5.46. The molecule has 0 atom stereocenters. The maximum absolute atomic E-state index is 12.0. The molecule has 0 aliphatic carbocycles. The highest BCUT2D eigenvalue weighted by atomic mass is 16.2. The summed E-state index contributed by atoms with van der Waals surface area (Å²) in [6, 6.07) is 10.5. The molecule has 32 heavy (non-hydrogen) atoms. The minimum Gasteiger partial charge on any atom is -0.368 e. The first-order valence-corrected chi connectivity index (χ1v) is 10.5. The van der Waals surface area contributed by atoms with Crippen LogP contribution in [0.1, 0.15) is 0 Å². The van der Waals surface area contributed by atoms with E-state index < -0.39 is 0 Å². The minimum absolute atomic E-state index is 0.0775. The van der Waals surface area contributed by atoms with E-state index in [1.165, 1.54) is 16.7 Å². The number of piperazine rings is 1. The molecule has 1 amide bonds. The molecule has 1 aliphatic rings. The Morgan fingerprint density at radius 1 is 1.03 bits per heavy atom. The average molecular weight is 433 g/mol. The van der Waals surface area contributed by atoms with Gasteiger partial charge in [0.25, 0.3) is 0 Å². The first-order valence-electron chi connectivity index (χ1n) is 10.5. The van der Waals surface area contributed by atoms with Crippen molar-refractivity contribution in [3.63, 3.8) is 0 Å². The summed E-state index contributed by atoms with van der Waals surface area (Å²) in [5.41, 5.74) is 2.00. The number of rotatable bonds is 7. The zero-order chi connectivity index (χ0) is 21.8. The van der Waals surface area contributed by atoms with Crippen LogP contribution in [0.2, 0.25) is 0 Å². The van der Waals surface area contributed by atoms with E-state index >= 15 is 0 Å². The van der Waals surface area contributed by atoms with Gasteiger partial charge in [-0.05, 0) is 22.6 Å². The summed E-state index contributed by atoms with van der Waals surface area (Å²) in [5.74, 6) is 0.733. The first-order chi connectivity index (χ1) is 15.8. The predicted octanol–water partition coefficient (Wildman–Crippen LogP) is -0.0442. The van der Waals surface area contributed by atoms with E-state index in [0.29, 0.717) is 13.1 Å². The standard InChI is InChI=1S/C20H23N11O/c32-18(13-30-15-24-26-27-30)21-6-7-31-20-17(12-25-31)19(22-14-23-20)29-10-8-28(9-11-29)16-4-2-1-3-5-16/h1-5,12,14-15H,6-11,13H2,(H,21,32). The van der Waals surface area contributed by atoms with Gasteiger partial charge in [0, 0.05) is 38.4 Å². The van der Waals surface area contributed by atoms with Crippen LogP contribution in [0.5, 0.6) is 0 Å². The quantitative estimate of drug-likeness (QED) is 0.427. The summed E-state index contributed by atoms with van der Waals surface area (Å²) in [6.45, 7) is 4.61. The lowest BCUT2D eigenvalue weighted by molar-refractivity contribution is -0.121. The minimum atomic E-state index is -0.166. The van der Waals surface area contributed by atoms with Crippen LogP contribution in [0.15, 0.2) is 49.2 Å². The largest absolute Gasteiger partial charge is 0.368 e. The lowest BCUT2D eigenvalue weighted by Gasteiger charge is -2.36. The van der Waals surface area contributed by atoms with Crippen molar-refractivity contribution in [1.29, 1.82) is 0 Å². The fraction of sp³-hybridized carbons (Fsp3) is 0.350. The molecule has 3 aromatic heterocycles. The van der Waals surface area contributed by atoms with Crippen LogP contribution in [0, 0.1) is 0 Å². The van der Waals surface area contributed by atoms with Gasteiger partial charge in [0.2, 0.25) is 5.91 Å². The van der Waals surface area contributed by atoms with Crippen LogP contribution >= 0.6 is 0 Å². The SMILES string of the molecule is O=C(Cn1cnnn1)NCCn1ncc2c(N3CCN(c4ccccc4)CC3)ncnc21. The molecular weight excluding hydrogens is 410 g/mol. The molecule has 4 aromatic rings. The predicted molar refractivity (Wildman–Crippen MR) is 117 cm³/mol. The number of nitrogens with zero attached hydrogens (tertiary/aromatic N) is 10. The molecule has 4 heterocycles. The molecule has 1 aliphatic heterocycles. The van der Waals surface area contributed by atoms with Gasteiger partial charge in [-0.1, -0.05) is 18.2 Å². The molecule has 0 unspecified atom stereocenters. The van der Waals surface area contributed by atoms with Gasteiger partial charge in [-0.25, -0.2) is 19.3 Å². The van der Waals surface area contributed by atoms with Crippen LogP contribution in [-0.4, -0.2) is 78.6 Å². The van der Waals surface area contributed by atoms with Gasteiger partial charge in [-0.2, -0.15) is 5.10 Å². The van der Waals surface area contributed by atoms with E-state index in [0.717, 1.165) is 43.0 Å². The molecule has 1 aromatic carbocycles. The molecule has 0 bridgehead atoms. The number of carbonyl (C=O) groups is 1. The molecule has 164 valence electrons. The summed E-state index contributed by atoms with van der Waals surface area (Å²) in [6.07, 6.45) is 4.78. The lowest BCUT2D eigenvalue weighted by atomic mass is 10.2. The fourth-order valence-electron chi connectivity index (χ4n) is 3.87. The molecule has 1 N–H and O–H groups in total. The van der Waals surface area contributed by atoms with Crippen molar-refractivity contribution in [3.05, 3.63) is 49.2 Å². The second-order valence-electron chi connectivity index (χ2n) is 7.47. The van der Waals surface area contributed by atoms with Gasteiger partial charge in [-0.15, -0.1) is 5.10 Å². The van der Waals surface area contributed by atoms with E-state index in [4.69, 9.17) is 0 Å². The van der Waals surface area contributed by atoms with Crippen molar-refractivity contribution in [1.82, 2.24) is 45.3 Å². The number of aromatic nitrogens is 8. The second-order valence-corrected chi connectivity index (χ2v) is 7.47. The monoisotopic (exact) mass is 433 g/mol. The number of hydrogen-bond acceptors (Lipinski definition) is 9. The Morgan fingerprint density at radius 2 is 1.84 bits per heavy atom. The number of carbonyl (C=O) groups excluding carboxylic acids is 1. The highest BCUT2D eigenvalue weighted by Gasteiger charge is 2.21.